The Hall–Kier alpha value is -4.37. The van der Waals surface area contributed by atoms with E-state index in [4.69, 9.17) is 0 Å². The summed E-state index contributed by atoms with van der Waals surface area (Å²) in [5.74, 6) is -0.837. The van der Waals surface area contributed by atoms with Crippen LogP contribution >= 0.6 is 0 Å². The van der Waals surface area contributed by atoms with Crippen LogP contribution in [0.2, 0.25) is 0 Å². The van der Waals surface area contributed by atoms with E-state index in [-0.39, 0.29) is 28.0 Å². The van der Waals surface area contributed by atoms with Gasteiger partial charge in [-0.2, -0.15) is 5.10 Å². The second kappa shape index (κ2) is 9.84. The molecule has 2 N–H and O–H groups in total. The van der Waals surface area contributed by atoms with Gasteiger partial charge in [0.15, 0.2) is 17.0 Å². The number of carbonyl (C=O) groups excluding carboxylic acids is 1. The third-order valence-corrected chi connectivity index (χ3v) is 8.76. The van der Waals surface area contributed by atoms with Crippen LogP contribution in [0.15, 0.2) is 52.4 Å². The third-order valence-electron chi connectivity index (χ3n) is 6.84. The molecule has 2 aliphatic rings. The number of amides is 1. The highest BCUT2D eigenvalue weighted by atomic mass is 32.2. The van der Waals surface area contributed by atoms with Crippen LogP contribution in [0.3, 0.4) is 0 Å². The first-order chi connectivity index (χ1) is 20.1. The molecule has 15 heteroatoms. The number of nitrogens with one attached hydrogen (secondary N) is 2. The lowest BCUT2D eigenvalue weighted by Gasteiger charge is -2.23. The summed E-state index contributed by atoms with van der Waals surface area (Å²) < 4.78 is 65.7. The van der Waals surface area contributed by atoms with Gasteiger partial charge in [-0.1, -0.05) is 6.07 Å². The molecule has 1 aliphatic heterocycles. The molecule has 43 heavy (non-hydrogen) atoms. The summed E-state index contributed by atoms with van der Waals surface area (Å²) in [7, 11) is -3.81. The molecule has 4 aromatic rings. The second-order valence-electron chi connectivity index (χ2n) is 11.6. The largest absolute Gasteiger partial charge is 0.586 e. The highest BCUT2D eigenvalue weighted by Gasteiger charge is 2.44. The lowest BCUT2D eigenvalue weighted by Crippen LogP contribution is -2.40. The Morgan fingerprint density at radius 3 is 2.56 bits per heavy atom. The van der Waals surface area contributed by atoms with Gasteiger partial charge in [-0.15, -0.1) is 8.78 Å². The van der Waals surface area contributed by atoms with Crippen LogP contribution in [-0.4, -0.2) is 51.9 Å². The normalized spacial score (nSPS) is 16.0. The first-order valence-corrected chi connectivity index (χ1v) is 14.9. The van der Waals surface area contributed by atoms with Crippen molar-refractivity contribution in [2.24, 2.45) is 0 Å². The molecule has 226 valence electrons. The highest BCUT2D eigenvalue weighted by molar-refractivity contribution is 7.89. The average Bonchev–Trinajstić information content (AvgIpc) is 3.48. The number of aromatic nitrogens is 4. The molecule has 12 nitrogen and oxygen atoms in total. The van der Waals surface area contributed by atoms with Gasteiger partial charge in [0.2, 0.25) is 15.9 Å². The fourth-order valence-electron chi connectivity index (χ4n) is 5.02. The number of halogens is 2. The number of benzene rings is 2. The quantitative estimate of drug-likeness (QED) is 0.320. The van der Waals surface area contributed by atoms with Gasteiger partial charge in [-0.05, 0) is 70.4 Å². The minimum absolute atomic E-state index is 0.0461. The Kier molecular flexibility index (Phi) is 6.58. The standard InChI is InChI=1S/C28H28F2N6O6S/c1-15-11-16(5-10-21(15)43(39,40)34-27(2,3)4)23-24-25(32-14-31-24)26(38)35(33-23)13-22(37)36(17-6-7-17)18-8-9-19-20(12-18)42-28(29,30)41-19/h5,8-12,14,17,34H,6-7,13H2,1-4H3,(H,31,32). The van der Waals surface area contributed by atoms with Crippen molar-refractivity contribution in [3.8, 4) is 22.8 Å². The zero-order chi connectivity index (χ0) is 30.9. The molecule has 1 fully saturated rings. The Morgan fingerprint density at radius 1 is 1.16 bits per heavy atom. The molecule has 2 aromatic carbocycles. The maximum Gasteiger partial charge on any atom is 0.586 e. The summed E-state index contributed by atoms with van der Waals surface area (Å²) in [5.41, 5.74) is 0.633. The van der Waals surface area contributed by atoms with Gasteiger partial charge in [-0.3, -0.25) is 9.59 Å². The maximum absolute atomic E-state index is 13.6. The molecule has 1 aliphatic carbocycles. The van der Waals surface area contributed by atoms with E-state index in [1.165, 1.54) is 35.5 Å². The number of anilines is 1. The molecule has 6 rings (SSSR count). The van der Waals surface area contributed by atoms with Crippen molar-refractivity contribution in [1.82, 2.24) is 24.5 Å². The van der Waals surface area contributed by atoms with Crippen molar-refractivity contribution in [2.45, 2.75) is 69.9 Å². The van der Waals surface area contributed by atoms with Crippen molar-refractivity contribution in [3.05, 3.63) is 58.6 Å². The number of nitrogens with zero attached hydrogens (tertiary/aromatic N) is 4. The van der Waals surface area contributed by atoms with E-state index in [1.807, 2.05) is 0 Å². The number of imidazole rings is 1. The first kappa shape index (κ1) is 28.7. The zero-order valence-electron chi connectivity index (χ0n) is 23.6. The molecular formula is C28H28F2N6O6S. The lowest BCUT2D eigenvalue weighted by atomic mass is 10.1. The monoisotopic (exact) mass is 614 g/mol. The fourth-order valence-corrected chi connectivity index (χ4v) is 6.67. The number of fused-ring (bicyclic) bond motifs is 2. The maximum atomic E-state index is 13.6. The minimum atomic E-state index is -3.81. The minimum Gasteiger partial charge on any atom is -0.395 e. The van der Waals surface area contributed by atoms with Crippen LogP contribution in [0, 0.1) is 6.92 Å². The molecule has 0 saturated heterocycles. The summed E-state index contributed by atoms with van der Waals surface area (Å²) in [6.07, 6.45) is -1.07. The number of carbonyl (C=O) groups is 1. The van der Waals surface area contributed by atoms with Gasteiger partial charge >= 0.3 is 6.29 Å². The fraction of sp³-hybridized carbons (Fsp3) is 0.357. The number of ether oxygens (including phenoxy) is 2. The number of rotatable bonds is 7. The Bertz CT molecular complexity index is 1950. The van der Waals surface area contributed by atoms with Gasteiger partial charge in [0.05, 0.1) is 16.7 Å². The van der Waals surface area contributed by atoms with Crippen LogP contribution in [0.1, 0.15) is 39.2 Å². The van der Waals surface area contributed by atoms with Crippen molar-refractivity contribution >= 4 is 32.7 Å². The number of hydrogen-bond acceptors (Lipinski definition) is 8. The Balaban J connectivity index is 1.35. The van der Waals surface area contributed by atoms with Gasteiger partial charge in [-0.25, -0.2) is 22.8 Å². The molecule has 3 heterocycles. The van der Waals surface area contributed by atoms with Crippen LogP contribution in [0.4, 0.5) is 14.5 Å². The van der Waals surface area contributed by atoms with Crippen molar-refractivity contribution in [3.63, 3.8) is 0 Å². The van der Waals surface area contributed by atoms with Crippen LogP contribution < -0.4 is 24.7 Å². The summed E-state index contributed by atoms with van der Waals surface area (Å²) in [6.45, 7) is 6.42. The highest BCUT2D eigenvalue weighted by Crippen LogP contribution is 2.44. The summed E-state index contributed by atoms with van der Waals surface area (Å²) in [5, 5.41) is 4.48. The zero-order valence-corrected chi connectivity index (χ0v) is 24.5. The molecule has 1 amide bonds. The van der Waals surface area contributed by atoms with E-state index in [2.05, 4.69) is 29.3 Å². The predicted molar refractivity (Wildman–Crippen MR) is 152 cm³/mol. The molecular weight excluding hydrogens is 586 g/mol. The topological polar surface area (TPSA) is 149 Å². The summed E-state index contributed by atoms with van der Waals surface area (Å²) in [6, 6.07) is 8.56. The molecule has 0 atom stereocenters. The molecule has 1 saturated carbocycles. The molecule has 0 unspecified atom stereocenters. The van der Waals surface area contributed by atoms with Gasteiger partial charge < -0.3 is 19.4 Å². The van der Waals surface area contributed by atoms with Gasteiger partial charge in [0, 0.05) is 28.9 Å². The van der Waals surface area contributed by atoms with E-state index in [0.717, 1.165) is 4.68 Å². The third kappa shape index (κ3) is 5.57. The number of hydrogen-bond donors (Lipinski definition) is 2. The van der Waals surface area contributed by atoms with Crippen LogP contribution in [0.5, 0.6) is 11.5 Å². The van der Waals surface area contributed by atoms with E-state index >= 15 is 0 Å². The van der Waals surface area contributed by atoms with Gasteiger partial charge in [0.25, 0.3) is 5.56 Å². The number of alkyl halides is 2. The molecule has 0 bridgehead atoms. The van der Waals surface area contributed by atoms with E-state index in [0.29, 0.717) is 40.9 Å². The van der Waals surface area contributed by atoms with Crippen LogP contribution in [0.25, 0.3) is 22.3 Å². The van der Waals surface area contributed by atoms with Crippen molar-refractivity contribution < 1.29 is 31.5 Å². The first-order valence-electron chi connectivity index (χ1n) is 13.4. The molecule has 0 spiro atoms. The summed E-state index contributed by atoms with van der Waals surface area (Å²) in [4.78, 5) is 35.5. The van der Waals surface area contributed by atoms with Crippen LogP contribution in [-0.2, 0) is 21.4 Å². The Morgan fingerprint density at radius 2 is 1.88 bits per heavy atom. The van der Waals surface area contributed by atoms with E-state index < -0.39 is 39.9 Å². The van der Waals surface area contributed by atoms with E-state index in [1.54, 1.807) is 39.8 Å². The van der Waals surface area contributed by atoms with Crippen molar-refractivity contribution in [1.29, 1.82) is 0 Å². The number of aromatic amines is 1. The van der Waals surface area contributed by atoms with Crippen molar-refractivity contribution in [2.75, 3.05) is 4.90 Å². The number of aryl methyl sites for hydroxylation is 1. The Labute approximate surface area is 244 Å². The summed E-state index contributed by atoms with van der Waals surface area (Å²) >= 11 is 0. The number of sulfonamides is 1. The van der Waals surface area contributed by atoms with Gasteiger partial charge in [0.1, 0.15) is 12.2 Å². The van der Waals surface area contributed by atoms with E-state index in [9.17, 15) is 26.8 Å². The smallest absolute Gasteiger partial charge is 0.395 e. The predicted octanol–water partition coefficient (Wildman–Crippen LogP) is 3.69. The second-order valence-corrected chi connectivity index (χ2v) is 13.2. The SMILES string of the molecule is Cc1cc(-c2nn(CC(=O)N(c3ccc4c(c3)OC(F)(F)O4)C3CC3)c(=O)c3nc[nH]c23)ccc1S(=O)(=O)NC(C)(C)C. The molecule has 0 radical (unpaired) electrons. The lowest BCUT2D eigenvalue weighted by molar-refractivity contribution is -0.286. The number of H-pyrrole nitrogens is 1. The molecule has 2 aromatic heterocycles. The average molecular weight is 615 g/mol.